The highest BCUT2D eigenvalue weighted by Crippen LogP contribution is 2.35. The zero-order valence-corrected chi connectivity index (χ0v) is 16.6. The summed E-state index contributed by atoms with van der Waals surface area (Å²) in [4.78, 5) is 43.1. The molecule has 0 spiro atoms. The van der Waals surface area contributed by atoms with Gasteiger partial charge in [0.25, 0.3) is 5.56 Å². The van der Waals surface area contributed by atoms with Crippen molar-refractivity contribution in [3.63, 3.8) is 0 Å². The lowest BCUT2D eigenvalue weighted by atomic mass is 9.89. The van der Waals surface area contributed by atoms with E-state index in [2.05, 4.69) is 17.2 Å². The van der Waals surface area contributed by atoms with Crippen LogP contribution in [-0.2, 0) is 24.2 Å². The van der Waals surface area contributed by atoms with E-state index in [0.29, 0.717) is 22.6 Å². The number of benzene rings is 1. The smallest absolute Gasteiger partial charge is 0.262 e. The van der Waals surface area contributed by atoms with E-state index in [0.717, 1.165) is 29.7 Å². The number of carbonyl (C=O) groups is 2. The van der Waals surface area contributed by atoms with Gasteiger partial charge in [0.2, 0.25) is 5.91 Å². The van der Waals surface area contributed by atoms with Gasteiger partial charge in [-0.2, -0.15) is 0 Å². The molecule has 1 N–H and O–H groups in total. The Morgan fingerprint density at radius 1 is 1.29 bits per heavy atom. The van der Waals surface area contributed by atoms with Crippen LogP contribution in [0.3, 0.4) is 0 Å². The standard InChI is InChI=1S/C21H21N3O3S/c1-12-3-8-16-17(9-12)28-20-19(16)21(27)24(11-22-20)10-18(26)23-15-6-4-14(5-7-15)13(2)25/h4-7,11-12H,3,8-10H2,1-2H3,(H,23,26)/t12-/m1/s1. The van der Waals surface area contributed by atoms with Gasteiger partial charge in [0.05, 0.1) is 11.7 Å². The van der Waals surface area contributed by atoms with E-state index in [-0.39, 0.29) is 23.8 Å². The molecule has 2 heterocycles. The van der Waals surface area contributed by atoms with Gasteiger partial charge in [-0.25, -0.2) is 4.98 Å². The third-order valence-electron chi connectivity index (χ3n) is 5.17. The molecular weight excluding hydrogens is 374 g/mol. The van der Waals surface area contributed by atoms with Crippen molar-refractivity contribution in [2.45, 2.75) is 39.7 Å². The molecule has 0 unspecified atom stereocenters. The lowest BCUT2D eigenvalue weighted by molar-refractivity contribution is -0.116. The third kappa shape index (κ3) is 3.49. The summed E-state index contributed by atoms with van der Waals surface area (Å²) in [5, 5.41) is 3.43. The van der Waals surface area contributed by atoms with Gasteiger partial charge in [-0.3, -0.25) is 19.0 Å². The Kier molecular flexibility index (Phi) is 4.85. The van der Waals surface area contributed by atoms with Crippen LogP contribution in [0.1, 0.15) is 41.1 Å². The SMILES string of the molecule is CC(=O)c1ccc(NC(=O)Cn2cnc3sc4c(c3c2=O)CC[C@@H](C)C4)cc1. The van der Waals surface area contributed by atoms with Gasteiger partial charge in [0, 0.05) is 16.1 Å². The van der Waals surface area contributed by atoms with Gasteiger partial charge in [-0.05, 0) is 61.9 Å². The Labute approximate surface area is 166 Å². The van der Waals surface area contributed by atoms with E-state index in [1.807, 2.05) is 0 Å². The molecule has 4 rings (SSSR count). The molecule has 0 aliphatic heterocycles. The average Bonchev–Trinajstić information content (AvgIpc) is 3.02. The Morgan fingerprint density at radius 2 is 2.04 bits per heavy atom. The zero-order valence-electron chi connectivity index (χ0n) is 15.8. The molecule has 0 saturated heterocycles. The van der Waals surface area contributed by atoms with Crippen LogP contribution in [0.4, 0.5) is 5.69 Å². The molecule has 1 atom stereocenters. The van der Waals surface area contributed by atoms with E-state index in [4.69, 9.17) is 0 Å². The fraction of sp³-hybridized carbons (Fsp3) is 0.333. The Morgan fingerprint density at radius 3 is 2.75 bits per heavy atom. The molecule has 0 fully saturated rings. The zero-order chi connectivity index (χ0) is 19.8. The minimum absolute atomic E-state index is 0.0303. The fourth-order valence-electron chi connectivity index (χ4n) is 3.62. The van der Waals surface area contributed by atoms with Crippen LogP contribution in [0.25, 0.3) is 10.2 Å². The summed E-state index contributed by atoms with van der Waals surface area (Å²) >= 11 is 1.60. The van der Waals surface area contributed by atoms with Crippen LogP contribution >= 0.6 is 11.3 Å². The van der Waals surface area contributed by atoms with E-state index < -0.39 is 0 Å². The predicted octanol–water partition coefficient (Wildman–Crippen LogP) is 3.42. The fourth-order valence-corrected chi connectivity index (χ4v) is 4.96. The number of amides is 1. The molecule has 144 valence electrons. The number of Topliss-reactive ketones (excluding diaryl/α,β-unsaturated/α-hetero) is 1. The normalized spacial score (nSPS) is 16.0. The maximum Gasteiger partial charge on any atom is 0.262 e. The molecule has 0 saturated carbocycles. The summed E-state index contributed by atoms with van der Waals surface area (Å²) < 4.78 is 1.37. The van der Waals surface area contributed by atoms with Gasteiger partial charge in [-0.1, -0.05) is 6.92 Å². The van der Waals surface area contributed by atoms with Crippen molar-refractivity contribution in [3.05, 3.63) is 57.0 Å². The van der Waals surface area contributed by atoms with Crippen molar-refractivity contribution in [2.75, 3.05) is 5.32 Å². The Hall–Kier alpha value is -2.80. The first-order valence-electron chi connectivity index (χ1n) is 9.33. The van der Waals surface area contributed by atoms with Crippen molar-refractivity contribution in [2.24, 2.45) is 5.92 Å². The number of aryl methyl sites for hydroxylation is 1. The highest BCUT2D eigenvalue weighted by atomic mass is 32.1. The molecule has 1 amide bonds. The number of carbonyl (C=O) groups excluding carboxylic acids is 2. The minimum Gasteiger partial charge on any atom is -0.325 e. The first-order chi connectivity index (χ1) is 13.4. The monoisotopic (exact) mass is 395 g/mol. The second-order valence-corrected chi connectivity index (χ2v) is 8.47. The predicted molar refractivity (Wildman–Crippen MR) is 110 cm³/mol. The molecule has 7 heteroatoms. The van der Waals surface area contributed by atoms with Crippen molar-refractivity contribution in [1.29, 1.82) is 0 Å². The number of aromatic nitrogens is 2. The highest BCUT2D eigenvalue weighted by molar-refractivity contribution is 7.18. The molecule has 6 nitrogen and oxygen atoms in total. The van der Waals surface area contributed by atoms with Crippen molar-refractivity contribution in [1.82, 2.24) is 9.55 Å². The van der Waals surface area contributed by atoms with Crippen molar-refractivity contribution >= 4 is 38.9 Å². The number of fused-ring (bicyclic) bond motifs is 3. The lowest BCUT2D eigenvalue weighted by Gasteiger charge is -2.17. The number of hydrogen-bond donors (Lipinski definition) is 1. The van der Waals surface area contributed by atoms with Crippen LogP contribution in [-0.4, -0.2) is 21.2 Å². The molecule has 3 aromatic rings. The lowest BCUT2D eigenvalue weighted by Crippen LogP contribution is -2.28. The largest absolute Gasteiger partial charge is 0.325 e. The quantitative estimate of drug-likeness (QED) is 0.687. The highest BCUT2D eigenvalue weighted by Gasteiger charge is 2.23. The first-order valence-corrected chi connectivity index (χ1v) is 10.1. The summed E-state index contributed by atoms with van der Waals surface area (Å²) in [5.74, 6) is 0.289. The molecule has 0 bridgehead atoms. The summed E-state index contributed by atoms with van der Waals surface area (Å²) in [5.41, 5.74) is 2.13. The summed E-state index contributed by atoms with van der Waals surface area (Å²) in [6.07, 6.45) is 4.41. The van der Waals surface area contributed by atoms with E-state index >= 15 is 0 Å². The van der Waals surface area contributed by atoms with Crippen LogP contribution in [0, 0.1) is 5.92 Å². The molecule has 0 radical (unpaired) electrons. The van der Waals surface area contributed by atoms with E-state index in [1.165, 1.54) is 22.7 Å². The summed E-state index contributed by atoms with van der Waals surface area (Å²) in [7, 11) is 0. The second kappa shape index (κ2) is 7.31. The molecule has 2 aromatic heterocycles. The molecule has 1 aromatic carbocycles. The molecule has 1 aliphatic rings. The Balaban J connectivity index is 1.56. The van der Waals surface area contributed by atoms with Gasteiger partial charge >= 0.3 is 0 Å². The summed E-state index contributed by atoms with van der Waals surface area (Å²) in [6, 6.07) is 6.68. The average molecular weight is 395 g/mol. The maximum atomic E-state index is 13.0. The van der Waals surface area contributed by atoms with Crippen LogP contribution in [0.5, 0.6) is 0 Å². The van der Waals surface area contributed by atoms with Crippen molar-refractivity contribution < 1.29 is 9.59 Å². The van der Waals surface area contributed by atoms with Crippen molar-refractivity contribution in [3.8, 4) is 0 Å². The second-order valence-electron chi connectivity index (χ2n) is 7.39. The van der Waals surface area contributed by atoms with E-state index in [1.54, 1.807) is 35.6 Å². The molecule has 28 heavy (non-hydrogen) atoms. The number of anilines is 1. The van der Waals surface area contributed by atoms with E-state index in [9.17, 15) is 14.4 Å². The third-order valence-corrected chi connectivity index (χ3v) is 6.33. The van der Waals surface area contributed by atoms with Gasteiger partial charge in [0.15, 0.2) is 5.78 Å². The van der Waals surface area contributed by atoms with Crippen LogP contribution < -0.4 is 10.9 Å². The van der Waals surface area contributed by atoms with Gasteiger partial charge in [0.1, 0.15) is 11.4 Å². The number of ketones is 1. The first kappa shape index (κ1) is 18.6. The number of nitrogens with one attached hydrogen (secondary N) is 1. The summed E-state index contributed by atoms with van der Waals surface area (Å²) in [6.45, 7) is 3.62. The number of thiophene rings is 1. The maximum absolute atomic E-state index is 13.0. The number of rotatable bonds is 4. The van der Waals surface area contributed by atoms with Crippen LogP contribution in [0.15, 0.2) is 35.4 Å². The minimum atomic E-state index is -0.309. The van der Waals surface area contributed by atoms with Gasteiger partial charge < -0.3 is 5.32 Å². The topological polar surface area (TPSA) is 81.1 Å². The van der Waals surface area contributed by atoms with Crippen LogP contribution in [0.2, 0.25) is 0 Å². The molecule has 1 aliphatic carbocycles. The number of nitrogens with zero attached hydrogens (tertiary/aromatic N) is 2. The van der Waals surface area contributed by atoms with Gasteiger partial charge in [-0.15, -0.1) is 11.3 Å². The number of hydrogen-bond acceptors (Lipinski definition) is 5. The molecular formula is C21H21N3O3S. The Bertz CT molecular complexity index is 1130.